The van der Waals surface area contributed by atoms with Crippen LogP contribution in [0.3, 0.4) is 0 Å². The summed E-state index contributed by atoms with van der Waals surface area (Å²) in [5, 5.41) is 5.95. The zero-order chi connectivity index (χ0) is 14.2. The molecule has 1 amide bonds. The van der Waals surface area contributed by atoms with Crippen LogP contribution in [0.25, 0.3) is 0 Å². The van der Waals surface area contributed by atoms with Crippen LogP contribution < -0.4 is 15.5 Å². The third kappa shape index (κ3) is 4.21. The van der Waals surface area contributed by atoms with Crippen LogP contribution in [0.2, 0.25) is 0 Å². The summed E-state index contributed by atoms with van der Waals surface area (Å²) >= 11 is 0. The first kappa shape index (κ1) is 14.8. The molecule has 2 rings (SSSR count). The van der Waals surface area contributed by atoms with Gasteiger partial charge in [-0.15, -0.1) is 0 Å². The maximum Gasteiger partial charge on any atom is 0.221 e. The highest BCUT2D eigenvalue weighted by molar-refractivity contribution is 5.76. The molecule has 0 unspecified atom stereocenters. The lowest BCUT2D eigenvalue weighted by Gasteiger charge is -2.30. The van der Waals surface area contributed by atoms with Gasteiger partial charge in [-0.2, -0.15) is 0 Å². The van der Waals surface area contributed by atoms with E-state index < -0.39 is 0 Å². The van der Waals surface area contributed by atoms with Crippen molar-refractivity contribution in [1.29, 1.82) is 0 Å². The van der Waals surface area contributed by atoms with Crippen LogP contribution in [0, 0.1) is 0 Å². The summed E-state index contributed by atoms with van der Waals surface area (Å²) in [6.07, 6.45) is 0.510. The third-order valence-electron chi connectivity index (χ3n) is 3.42. The SMILES string of the molecule is CNCCC(=O)NCc1ccccc1N1CCOCC1. The third-order valence-corrected chi connectivity index (χ3v) is 3.42. The molecule has 1 aromatic carbocycles. The monoisotopic (exact) mass is 277 g/mol. The number of nitrogens with zero attached hydrogens (tertiary/aromatic N) is 1. The number of morpholine rings is 1. The molecular weight excluding hydrogens is 254 g/mol. The number of rotatable bonds is 6. The number of carbonyl (C=O) groups excluding carboxylic acids is 1. The lowest BCUT2D eigenvalue weighted by atomic mass is 10.1. The lowest BCUT2D eigenvalue weighted by molar-refractivity contribution is -0.121. The number of hydrogen-bond donors (Lipinski definition) is 2. The Morgan fingerprint density at radius 3 is 2.80 bits per heavy atom. The molecule has 20 heavy (non-hydrogen) atoms. The first-order valence-corrected chi connectivity index (χ1v) is 7.13. The Kier molecular flexibility index (Phi) is 5.83. The van der Waals surface area contributed by atoms with Gasteiger partial charge in [0.25, 0.3) is 0 Å². The summed E-state index contributed by atoms with van der Waals surface area (Å²) in [4.78, 5) is 14.0. The molecular formula is C15H23N3O2. The highest BCUT2D eigenvalue weighted by Gasteiger charge is 2.14. The summed E-state index contributed by atoms with van der Waals surface area (Å²) in [6, 6.07) is 8.24. The highest BCUT2D eigenvalue weighted by atomic mass is 16.5. The Bertz CT molecular complexity index is 431. The van der Waals surface area contributed by atoms with Crippen LogP contribution in [0.1, 0.15) is 12.0 Å². The quantitative estimate of drug-likeness (QED) is 0.805. The van der Waals surface area contributed by atoms with Crippen molar-refractivity contribution in [2.24, 2.45) is 0 Å². The second-order valence-corrected chi connectivity index (χ2v) is 4.86. The summed E-state index contributed by atoms with van der Waals surface area (Å²) in [5.41, 5.74) is 2.36. The van der Waals surface area contributed by atoms with Crippen LogP contribution >= 0.6 is 0 Å². The maximum atomic E-state index is 11.7. The molecule has 1 aliphatic rings. The second-order valence-electron chi connectivity index (χ2n) is 4.86. The number of carbonyl (C=O) groups is 1. The van der Waals surface area contributed by atoms with Gasteiger partial charge in [0.05, 0.1) is 13.2 Å². The number of benzene rings is 1. The van der Waals surface area contributed by atoms with Crippen LogP contribution in [-0.2, 0) is 16.1 Å². The molecule has 2 N–H and O–H groups in total. The van der Waals surface area contributed by atoms with E-state index in [2.05, 4.69) is 27.7 Å². The van der Waals surface area contributed by atoms with Gasteiger partial charge in [-0.3, -0.25) is 4.79 Å². The molecule has 1 aliphatic heterocycles. The van der Waals surface area contributed by atoms with Crippen molar-refractivity contribution in [2.75, 3.05) is 44.8 Å². The van der Waals surface area contributed by atoms with E-state index in [1.807, 2.05) is 19.2 Å². The second kappa shape index (κ2) is 7.87. The van der Waals surface area contributed by atoms with Crippen molar-refractivity contribution >= 4 is 11.6 Å². The van der Waals surface area contributed by atoms with E-state index in [-0.39, 0.29) is 5.91 Å². The molecule has 1 aromatic rings. The predicted molar refractivity (Wildman–Crippen MR) is 79.9 cm³/mol. The molecule has 110 valence electrons. The zero-order valence-corrected chi connectivity index (χ0v) is 12.0. The molecule has 0 radical (unpaired) electrons. The van der Waals surface area contributed by atoms with Crippen LogP contribution in [-0.4, -0.2) is 45.8 Å². The van der Waals surface area contributed by atoms with E-state index in [9.17, 15) is 4.79 Å². The van der Waals surface area contributed by atoms with Crippen molar-refractivity contribution < 1.29 is 9.53 Å². The fourth-order valence-electron chi connectivity index (χ4n) is 2.29. The summed E-state index contributed by atoms with van der Waals surface area (Å²) < 4.78 is 5.39. The fourth-order valence-corrected chi connectivity index (χ4v) is 2.29. The smallest absolute Gasteiger partial charge is 0.221 e. The van der Waals surface area contributed by atoms with E-state index in [0.717, 1.165) is 31.9 Å². The number of nitrogens with one attached hydrogen (secondary N) is 2. The number of anilines is 1. The summed E-state index contributed by atoms with van der Waals surface area (Å²) in [7, 11) is 1.85. The van der Waals surface area contributed by atoms with Crippen LogP contribution in [0.5, 0.6) is 0 Å². The van der Waals surface area contributed by atoms with Gasteiger partial charge in [0.2, 0.25) is 5.91 Å². The predicted octanol–water partition coefficient (Wildman–Crippen LogP) is 0.749. The van der Waals surface area contributed by atoms with Gasteiger partial charge in [-0.05, 0) is 18.7 Å². The van der Waals surface area contributed by atoms with Gasteiger partial charge in [-0.25, -0.2) is 0 Å². The Hall–Kier alpha value is -1.59. The average Bonchev–Trinajstić information content (AvgIpc) is 2.52. The molecule has 5 nitrogen and oxygen atoms in total. The van der Waals surface area contributed by atoms with E-state index >= 15 is 0 Å². The normalized spacial score (nSPS) is 15.2. The van der Waals surface area contributed by atoms with Crippen molar-refractivity contribution in [2.45, 2.75) is 13.0 Å². The van der Waals surface area contributed by atoms with Crippen molar-refractivity contribution in [1.82, 2.24) is 10.6 Å². The van der Waals surface area contributed by atoms with Crippen molar-refractivity contribution in [3.63, 3.8) is 0 Å². The van der Waals surface area contributed by atoms with Gasteiger partial charge in [0.15, 0.2) is 0 Å². The topological polar surface area (TPSA) is 53.6 Å². The largest absolute Gasteiger partial charge is 0.378 e. The Morgan fingerprint density at radius 2 is 2.05 bits per heavy atom. The average molecular weight is 277 g/mol. The standard InChI is InChI=1S/C15H23N3O2/c1-16-7-6-15(19)17-12-13-4-2-3-5-14(13)18-8-10-20-11-9-18/h2-5,16H,6-12H2,1H3,(H,17,19). The van der Waals surface area contributed by atoms with E-state index in [1.165, 1.54) is 5.69 Å². The molecule has 0 atom stereocenters. The molecule has 1 saturated heterocycles. The van der Waals surface area contributed by atoms with Crippen LogP contribution in [0.4, 0.5) is 5.69 Å². The molecule has 5 heteroatoms. The number of para-hydroxylation sites is 1. The van der Waals surface area contributed by atoms with E-state index in [0.29, 0.717) is 19.5 Å². The number of hydrogen-bond acceptors (Lipinski definition) is 4. The first-order chi connectivity index (χ1) is 9.81. The molecule has 1 heterocycles. The molecule has 1 fully saturated rings. The van der Waals surface area contributed by atoms with Gasteiger partial charge in [-0.1, -0.05) is 18.2 Å². The molecule has 0 aliphatic carbocycles. The number of amides is 1. The number of ether oxygens (including phenoxy) is 1. The fraction of sp³-hybridized carbons (Fsp3) is 0.533. The van der Waals surface area contributed by atoms with E-state index in [1.54, 1.807) is 0 Å². The summed E-state index contributed by atoms with van der Waals surface area (Å²) in [5.74, 6) is 0.0798. The van der Waals surface area contributed by atoms with Crippen molar-refractivity contribution in [3.05, 3.63) is 29.8 Å². The molecule has 0 spiro atoms. The zero-order valence-electron chi connectivity index (χ0n) is 12.0. The Balaban J connectivity index is 1.95. The molecule has 0 bridgehead atoms. The minimum absolute atomic E-state index is 0.0798. The minimum atomic E-state index is 0.0798. The lowest BCUT2D eigenvalue weighted by Crippen LogP contribution is -2.37. The summed E-state index contributed by atoms with van der Waals surface area (Å²) in [6.45, 7) is 4.63. The van der Waals surface area contributed by atoms with Crippen molar-refractivity contribution in [3.8, 4) is 0 Å². The van der Waals surface area contributed by atoms with Gasteiger partial charge < -0.3 is 20.3 Å². The first-order valence-electron chi connectivity index (χ1n) is 7.13. The maximum absolute atomic E-state index is 11.7. The van der Waals surface area contributed by atoms with Gasteiger partial charge in [0, 0.05) is 38.3 Å². The highest BCUT2D eigenvalue weighted by Crippen LogP contribution is 2.21. The van der Waals surface area contributed by atoms with Crippen LogP contribution in [0.15, 0.2) is 24.3 Å². The van der Waals surface area contributed by atoms with Gasteiger partial charge in [0.1, 0.15) is 0 Å². The minimum Gasteiger partial charge on any atom is -0.378 e. The molecule has 0 aromatic heterocycles. The Labute approximate surface area is 120 Å². The molecule has 0 saturated carbocycles. The van der Waals surface area contributed by atoms with E-state index in [4.69, 9.17) is 4.74 Å². The van der Waals surface area contributed by atoms with Gasteiger partial charge >= 0.3 is 0 Å². The Morgan fingerprint density at radius 1 is 1.30 bits per heavy atom.